The summed E-state index contributed by atoms with van der Waals surface area (Å²) in [6.07, 6.45) is 2.65. The molecule has 0 unspecified atom stereocenters. The SMILES string of the molecule is Cc1csc(CNc2ccc(N3CCCC3)cc2)n1. The second-order valence-electron chi connectivity index (χ2n) is 4.98. The molecule has 19 heavy (non-hydrogen) atoms. The van der Waals surface area contributed by atoms with Crippen LogP contribution in [0.25, 0.3) is 0 Å². The lowest BCUT2D eigenvalue weighted by molar-refractivity contribution is 0.949. The molecule has 2 aromatic rings. The Hall–Kier alpha value is -1.55. The number of anilines is 2. The summed E-state index contributed by atoms with van der Waals surface area (Å²) >= 11 is 1.71. The van der Waals surface area contributed by atoms with E-state index >= 15 is 0 Å². The highest BCUT2D eigenvalue weighted by Gasteiger charge is 2.11. The fourth-order valence-corrected chi connectivity index (χ4v) is 3.14. The van der Waals surface area contributed by atoms with E-state index < -0.39 is 0 Å². The monoisotopic (exact) mass is 273 g/mol. The van der Waals surface area contributed by atoms with Gasteiger partial charge in [-0.3, -0.25) is 0 Å². The maximum atomic E-state index is 4.45. The Bertz CT molecular complexity index is 527. The van der Waals surface area contributed by atoms with Gasteiger partial charge in [-0.15, -0.1) is 11.3 Å². The lowest BCUT2D eigenvalue weighted by atomic mass is 10.2. The van der Waals surface area contributed by atoms with Crippen molar-refractivity contribution in [1.82, 2.24) is 4.98 Å². The summed E-state index contributed by atoms with van der Waals surface area (Å²) < 4.78 is 0. The zero-order valence-corrected chi connectivity index (χ0v) is 12.0. The van der Waals surface area contributed by atoms with Crippen molar-refractivity contribution >= 4 is 22.7 Å². The zero-order chi connectivity index (χ0) is 13.1. The fourth-order valence-electron chi connectivity index (χ4n) is 2.43. The summed E-state index contributed by atoms with van der Waals surface area (Å²) in [6, 6.07) is 8.74. The average molecular weight is 273 g/mol. The normalized spacial score (nSPS) is 14.9. The van der Waals surface area contributed by atoms with Crippen molar-refractivity contribution in [2.75, 3.05) is 23.3 Å². The van der Waals surface area contributed by atoms with Crippen LogP contribution in [-0.4, -0.2) is 18.1 Å². The third kappa shape index (κ3) is 3.07. The molecule has 1 saturated heterocycles. The molecule has 1 N–H and O–H groups in total. The first kappa shape index (κ1) is 12.5. The van der Waals surface area contributed by atoms with Crippen molar-refractivity contribution in [2.45, 2.75) is 26.3 Å². The topological polar surface area (TPSA) is 28.2 Å². The van der Waals surface area contributed by atoms with Crippen LogP contribution in [0, 0.1) is 6.92 Å². The van der Waals surface area contributed by atoms with Gasteiger partial charge in [0.25, 0.3) is 0 Å². The van der Waals surface area contributed by atoms with Crippen LogP contribution in [-0.2, 0) is 6.54 Å². The van der Waals surface area contributed by atoms with Crippen molar-refractivity contribution in [2.24, 2.45) is 0 Å². The molecule has 0 atom stereocenters. The van der Waals surface area contributed by atoms with Gasteiger partial charge in [0.05, 0.1) is 6.54 Å². The smallest absolute Gasteiger partial charge is 0.112 e. The number of benzene rings is 1. The second kappa shape index (κ2) is 5.61. The molecule has 0 aliphatic carbocycles. The van der Waals surface area contributed by atoms with Gasteiger partial charge in [-0.2, -0.15) is 0 Å². The Balaban J connectivity index is 1.59. The highest BCUT2D eigenvalue weighted by molar-refractivity contribution is 7.09. The molecule has 1 aromatic carbocycles. The van der Waals surface area contributed by atoms with Crippen LogP contribution < -0.4 is 10.2 Å². The first-order chi connectivity index (χ1) is 9.31. The van der Waals surface area contributed by atoms with Gasteiger partial charge in [0.1, 0.15) is 5.01 Å². The summed E-state index contributed by atoms with van der Waals surface area (Å²) in [5.41, 5.74) is 3.61. The number of thiazole rings is 1. The molecule has 3 nitrogen and oxygen atoms in total. The molecule has 0 amide bonds. The Morgan fingerprint density at radius 3 is 2.58 bits per heavy atom. The quantitative estimate of drug-likeness (QED) is 0.921. The summed E-state index contributed by atoms with van der Waals surface area (Å²) in [7, 11) is 0. The van der Waals surface area contributed by atoms with Crippen molar-refractivity contribution in [3.63, 3.8) is 0 Å². The number of hydrogen-bond donors (Lipinski definition) is 1. The first-order valence-corrected chi connectivity index (χ1v) is 7.69. The molecular weight excluding hydrogens is 254 g/mol. The largest absolute Gasteiger partial charge is 0.379 e. The van der Waals surface area contributed by atoms with E-state index in [1.165, 1.54) is 31.6 Å². The Morgan fingerprint density at radius 2 is 1.95 bits per heavy atom. The maximum Gasteiger partial charge on any atom is 0.112 e. The van der Waals surface area contributed by atoms with Crippen molar-refractivity contribution < 1.29 is 0 Å². The molecule has 2 heterocycles. The van der Waals surface area contributed by atoms with Gasteiger partial charge in [0.15, 0.2) is 0 Å². The molecule has 1 aliphatic heterocycles. The highest BCUT2D eigenvalue weighted by Crippen LogP contribution is 2.22. The summed E-state index contributed by atoms with van der Waals surface area (Å²) in [5.74, 6) is 0. The average Bonchev–Trinajstić information content (AvgIpc) is 3.08. The molecule has 0 spiro atoms. The van der Waals surface area contributed by atoms with Gasteiger partial charge < -0.3 is 10.2 Å². The standard InChI is InChI=1S/C15H19N3S/c1-12-11-19-15(17-12)10-16-13-4-6-14(7-5-13)18-8-2-3-9-18/h4-7,11,16H,2-3,8-10H2,1H3. The van der Waals surface area contributed by atoms with E-state index in [-0.39, 0.29) is 0 Å². The highest BCUT2D eigenvalue weighted by atomic mass is 32.1. The van der Waals surface area contributed by atoms with Crippen molar-refractivity contribution in [1.29, 1.82) is 0 Å². The number of aryl methyl sites for hydroxylation is 1. The first-order valence-electron chi connectivity index (χ1n) is 6.81. The van der Waals surface area contributed by atoms with Crippen molar-refractivity contribution in [3.05, 3.63) is 40.3 Å². The van der Waals surface area contributed by atoms with Gasteiger partial charge in [0.2, 0.25) is 0 Å². The second-order valence-corrected chi connectivity index (χ2v) is 5.92. The van der Waals surface area contributed by atoms with Gasteiger partial charge in [-0.1, -0.05) is 0 Å². The maximum absolute atomic E-state index is 4.45. The lowest BCUT2D eigenvalue weighted by Crippen LogP contribution is -2.17. The van der Waals surface area contributed by atoms with E-state index in [0.29, 0.717) is 0 Å². The van der Waals surface area contributed by atoms with Crippen LogP contribution in [0.1, 0.15) is 23.5 Å². The lowest BCUT2D eigenvalue weighted by Gasteiger charge is -2.17. The molecule has 1 aliphatic rings. The molecule has 1 fully saturated rings. The minimum atomic E-state index is 0.807. The van der Waals surface area contributed by atoms with Gasteiger partial charge >= 0.3 is 0 Å². The van der Waals surface area contributed by atoms with E-state index in [2.05, 4.69) is 44.8 Å². The Kier molecular flexibility index (Phi) is 3.69. The van der Waals surface area contributed by atoms with E-state index in [0.717, 1.165) is 22.9 Å². The molecule has 4 heteroatoms. The van der Waals surface area contributed by atoms with Crippen LogP contribution in [0.5, 0.6) is 0 Å². The number of nitrogens with zero attached hydrogens (tertiary/aromatic N) is 2. The minimum absolute atomic E-state index is 0.807. The summed E-state index contributed by atoms with van der Waals surface area (Å²) in [5, 5.41) is 6.65. The van der Waals surface area contributed by atoms with Crippen LogP contribution in [0.2, 0.25) is 0 Å². The molecule has 3 rings (SSSR count). The predicted octanol–water partition coefficient (Wildman–Crippen LogP) is 3.66. The molecular formula is C15H19N3S. The molecule has 1 aromatic heterocycles. The number of rotatable bonds is 4. The number of aromatic nitrogens is 1. The Morgan fingerprint density at radius 1 is 1.21 bits per heavy atom. The van der Waals surface area contributed by atoms with Crippen molar-refractivity contribution in [3.8, 4) is 0 Å². The Labute approximate surface area is 118 Å². The van der Waals surface area contributed by atoms with Crippen LogP contribution in [0.4, 0.5) is 11.4 Å². The fraction of sp³-hybridized carbons (Fsp3) is 0.400. The van der Waals surface area contributed by atoms with Crippen LogP contribution in [0.15, 0.2) is 29.6 Å². The summed E-state index contributed by atoms with van der Waals surface area (Å²) in [6.45, 7) is 5.24. The molecule has 0 saturated carbocycles. The van der Waals surface area contributed by atoms with Crippen LogP contribution >= 0.6 is 11.3 Å². The van der Waals surface area contributed by atoms with Gasteiger partial charge in [-0.25, -0.2) is 4.98 Å². The van der Waals surface area contributed by atoms with E-state index in [1.807, 2.05) is 6.92 Å². The van der Waals surface area contributed by atoms with Gasteiger partial charge in [-0.05, 0) is 44.0 Å². The van der Waals surface area contributed by atoms with E-state index in [4.69, 9.17) is 0 Å². The predicted molar refractivity (Wildman–Crippen MR) is 82.1 cm³/mol. The molecule has 0 bridgehead atoms. The minimum Gasteiger partial charge on any atom is -0.379 e. The number of nitrogens with one attached hydrogen (secondary N) is 1. The third-order valence-electron chi connectivity index (χ3n) is 3.45. The molecule has 0 radical (unpaired) electrons. The van der Waals surface area contributed by atoms with E-state index in [1.54, 1.807) is 11.3 Å². The van der Waals surface area contributed by atoms with E-state index in [9.17, 15) is 0 Å². The van der Waals surface area contributed by atoms with Gasteiger partial charge in [0, 0.05) is 35.5 Å². The summed E-state index contributed by atoms with van der Waals surface area (Å²) in [4.78, 5) is 6.91. The third-order valence-corrected chi connectivity index (χ3v) is 4.42. The molecule has 100 valence electrons. The van der Waals surface area contributed by atoms with Crippen LogP contribution in [0.3, 0.4) is 0 Å². The number of hydrogen-bond acceptors (Lipinski definition) is 4. The zero-order valence-electron chi connectivity index (χ0n) is 11.2.